The van der Waals surface area contributed by atoms with Gasteiger partial charge >= 0.3 is 0 Å². The van der Waals surface area contributed by atoms with Crippen LogP contribution in [0, 0.1) is 18.6 Å². The molecule has 5 nitrogen and oxygen atoms in total. The number of hydrogen-bond acceptors (Lipinski definition) is 3. The maximum Gasteiger partial charge on any atom is 0.224 e. The Hall–Kier alpha value is -2.73. The third kappa shape index (κ3) is 4.03. The molecule has 1 amide bonds. The monoisotopic (exact) mass is 406 g/mol. The number of carbonyl (C=O) groups excluding carboxylic acids is 1. The molecule has 1 aromatic heterocycles. The normalized spacial score (nSPS) is 16.3. The lowest BCUT2D eigenvalue weighted by Crippen LogP contribution is -2.31. The number of rotatable bonds is 5. The number of hydrogen-bond donors (Lipinski definition) is 1. The van der Waals surface area contributed by atoms with Gasteiger partial charge in [0.25, 0.3) is 0 Å². The molecule has 1 aliphatic rings. The number of aryl methyl sites for hydroxylation is 2. The molecular weight excluding hydrogens is 380 g/mol. The van der Waals surface area contributed by atoms with Crippen molar-refractivity contribution in [2.75, 3.05) is 6.54 Å². The molecular formula is C23H26N4OS. The highest BCUT2D eigenvalue weighted by molar-refractivity contribution is 7.71. The van der Waals surface area contributed by atoms with Gasteiger partial charge in [0.2, 0.25) is 5.91 Å². The maximum absolute atomic E-state index is 13.1. The molecule has 150 valence electrons. The minimum absolute atomic E-state index is 0.175. The predicted octanol–water partition coefficient (Wildman–Crippen LogP) is 4.98. The van der Waals surface area contributed by atoms with Crippen LogP contribution in [-0.4, -0.2) is 32.1 Å². The quantitative estimate of drug-likeness (QED) is 0.608. The molecule has 29 heavy (non-hydrogen) atoms. The predicted molar refractivity (Wildman–Crippen MR) is 117 cm³/mol. The zero-order chi connectivity index (χ0) is 20.4. The van der Waals surface area contributed by atoms with E-state index < -0.39 is 0 Å². The number of carbonyl (C=O) groups is 1. The average Bonchev–Trinajstić information content (AvgIpc) is 3.34. The van der Waals surface area contributed by atoms with Crippen LogP contribution >= 0.6 is 12.2 Å². The lowest BCUT2D eigenvalue weighted by Gasteiger charge is -2.26. The highest BCUT2D eigenvalue weighted by Crippen LogP contribution is 2.34. The second kappa shape index (κ2) is 8.33. The number of nitrogens with zero attached hydrogens (tertiary/aromatic N) is 3. The molecule has 0 radical (unpaired) electrons. The van der Waals surface area contributed by atoms with E-state index in [2.05, 4.69) is 54.4 Å². The summed E-state index contributed by atoms with van der Waals surface area (Å²) in [5, 5.41) is 7.26. The van der Waals surface area contributed by atoms with Gasteiger partial charge in [-0.05, 0) is 50.0 Å². The smallest absolute Gasteiger partial charge is 0.224 e. The zero-order valence-corrected chi connectivity index (χ0v) is 17.7. The van der Waals surface area contributed by atoms with E-state index in [1.807, 2.05) is 27.7 Å². The fourth-order valence-corrected chi connectivity index (χ4v) is 4.37. The first-order valence-electron chi connectivity index (χ1n) is 10.1. The fraction of sp³-hybridized carbons (Fsp3) is 0.348. The Kier molecular flexibility index (Phi) is 5.62. The summed E-state index contributed by atoms with van der Waals surface area (Å²) in [7, 11) is 0. The number of amides is 1. The van der Waals surface area contributed by atoms with Gasteiger partial charge in [-0.25, -0.2) is 0 Å². The van der Waals surface area contributed by atoms with Crippen LogP contribution in [-0.2, 0) is 11.3 Å². The van der Waals surface area contributed by atoms with Crippen LogP contribution in [0.5, 0.6) is 0 Å². The fourth-order valence-electron chi connectivity index (χ4n) is 4.15. The average molecular weight is 407 g/mol. The van der Waals surface area contributed by atoms with Gasteiger partial charge in [-0.15, -0.1) is 0 Å². The molecule has 0 bridgehead atoms. The lowest BCUT2D eigenvalue weighted by molar-refractivity contribution is -0.132. The van der Waals surface area contributed by atoms with Crippen LogP contribution in [0.1, 0.15) is 42.0 Å². The van der Waals surface area contributed by atoms with Crippen LogP contribution in [0.3, 0.4) is 0 Å². The van der Waals surface area contributed by atoms with E-state index >= 15 is 0 Å². The number of benzene rings is 2. The Morgan fingerprint density at radius 3 is 2.69 bits per heavy atom. The first-order chi connectivity index (χ1) is 14.0. The molecule has 1 fully saturated rings. The molecule has 6 heteroatoms. The molecule has 1 N–H and O–H groups in total. The van der Waals surface area contributed by atoms with Crippen molar-refractivity contribution in [1.29, 1.82) is 0 Å². The molecule has 1 saturated heterocycles. The van der Waals surface area contributed by atoms with E-state index in [9.17, 15) is 4.79 Å². The lowest BCUT2D eigenvalue weighted by atomic mass is 9.99. The summed E-state index contributed by atoms with van der Waals surface area (Å²) < 4.78 is 2.47. The SMILES string of the molecule is Cc1ccc(-c2n[nH]c(=S)n2CCC(=O)N2CCC[C@@H]2c2ccccc2C)cc1. The van der Waals surface area contributed by atoms with Crippen molar-refractivity contribution >= 4 is 18.1 Å². The minimum atomic E-state index is 0.175. The van der Waals surface area contributed by atoms with Crippen LogP contribution in [0.15, 0.2) is 48.5 Å². The van der Waals surface area contributed by atoms with Gasteiger partial charge in [0.1, 0.15) is 0 Å². The molecule has 4 rings (SSSR count). The molecule has 1 aliphatic heterocycles. The largest absolute Gasteiger partial charge is 0.336 e. The van der Waals surface area contributed by atoms with Gasteiger partial charge in [-0.1, -0.05) is 54.1 Å². The van der Waals surface area contributed by atoms with Crippen molar-refractivity contribution < 1.29 is 4.79 Å². The minimum Gasteiger partial charge on any atom is -0.336 e. The summed E-state index contributed by atoms with van der Waals surface area (Å²) >= 11 is 5.42. The summed E-state index contributed by atoms with van der Waals surface area (Å²) in [6, 6.07) is 16.7. The summed E-state index contributed by atoms with van der Waals surface area (Å²) in [6.45, 7) is 5.52. The van der Waals surface area contributed by atoms with Crippen molar-refractivity contribution in [2.24, 2.45) is 0 Å². The van der Waals surface area contributed by atoms with Crippen molar-refractivity contribution in [3.8, 4) is 11.4 Å². The van der Waals surface area contributed by atoms with Gasteiger partial charge in [0.15, 0.2) is 10.6 Å². The second-order valence-corrected chi connectivity index (χ2v) is 8.11. The van der Waals surface area contributed by atoms with E-state index in [1.165, 1.54) is 16.7 Å². The van der Waals surface area contributed by atoms with Crippen molar-refractivity contribution in [2.45, 2.75) is 45.7 Å². The molecule has 0 unspecified atom stereocenters. The highest BCUT2D eigenvalue weighted by Gasteiger charge is 2.30. The van der Waals surface area contributed by atoms with Crippen molar-refractivity contribution in [1.82, 2.24) is 19.7 Å². The Balaban J connectivity index is 1.50. The van der Waals surface area contributed by atoms with Crippen LogP contribution in [0.2, 0.25) is 0 Å². The molecule has 0 aliphatic carbocycles. The molecule has 3 aromatic rings. The van der Waals surface area contributed by atoms with E-state index in [0.717, 1.165) is 30.8 Å². The third-order valence-corrected chi connectivity index (χ3v) is 6.05. The van der Waals surface area contributed by atoms with Crippen LogP contribution in [0.4, 0.5) is 0 Å². The van der Waals surface area contributed by atoms with E-state index in [4.69, 9.17) is 12.2 Å². The number of aromatic amines is 1. The van der Waals surface area contributed by atoms with Gasteiger partial charge in [0.05, 0.1) is 6.04 Å². The Labute approximate surface area is 176 Å². The van der Waals surface area contributed by atoms with E-state index in [1.54, 1.807) is 0 Å². The summed E-state index contributed by atoms with van der Waals surface area (Å²) in [5.74, 6) is 0.952. The van der Waals surface area contributed by atoms with Crippen LogP contribution < -0.4 is 0 Å². The third-order valence-electron chi connectivity index (χ3n) is 5.74. The van der Waals surface area contributed by atoms with E-state index in [0.29, 0.717) is 17.7 Å². The summed E-state index contributed by atoms with van der Waals surface area (Å²) in [4.78, 5) is 15.1. The molecule has 2 aromatic carbocycles. The Morgan fingerprint density at radius 2 is 1.93 bits per heavy atom. The standard InChI is InChI=1S/C23H26N4OS/c1-16-9-11-18(12-10-16)22-24-25-23(29)27(22)15-13-21(28)26-14-5-8-20(26)19-7-4-3-6-17(19)2/h3-4,6-7,9-12,20H,5,8,13-15H2,1-2H3,(H,25,29)/t20-/m1/s1. The van der Waals surface area contributed by atoms with Crippen molar-refractivity contribution in [3.63, 3.8) is 0 Å². The first kappa shape index (κ1) is 19.6. The second-order valence-electron chi connectivity index (χ2n) is 7.72. The molecule has 0 saturated carbocycles. The van der Waals surface area contributed by atoms with Gasteiger partial charge in [0, 0.05) is 25.1 Å². The summed E-state index contributed by atoms with van der Waals surface area (Å²) in [6.07, 6.45) is 2.48. The van der Waals surface area contributed by atoms with Gasteiger partial charge in [-0.3, -0.25) is 14.5 Å². The Bertz CT molecular complexity index is 1070. The first-order valence-corrected chi connectivity index (χ1v) is 10.5. The number of aromatic nitrogens is 3. The highest BCUT2D eigenvalue weighted by atomic mass is 32.1. The maximum atomic E-state index is 13.1. The van der Waals surface area contributed by atoms with Gasteiger partial charge < -0.3 is 4.90 Å². The van der Waals surface area contributed by atoms with Crippen molar-refractivity contribution in [3.05, 3.63) is 70.0 Å². The zero-order valence-electron chi connectivity index (χ0n) is 16.9. The van der Waals surface area contributed by atoms with E-state index in [-0.39, 0.29) is 11.9 Å². The topological polar surface area (TPSA) is 53.9 Å². The molecule has 0 spiro atoms. The molecule has 2 heterocycles. The Morgan fingerprint density at radius 1 is 1.17 bits per heavy atom. The number of H-pyrrole nitrogens is 1. The summed E-state index contributed by atoms with van der Waals surface area (Å²) in [5.41, 5.74) is 4.70. The van der Waals surface area contributed by atoms with Crippen LogP contribution in [0.25, 0.3) is 11.4 Å². The number of nitrogens with one attached hydrogen (secondary N) is 1. The molecule has 1 atom stereocenters. The van der Waals surface area contributed by atoms with Gasteiger partial charge in [-0.2, -0.15) is 5.10 Å². The number of likely N-dealkylation sites (tertiary alicyclic amines) is 1.